The van der Waals surface area contributed by atoms with Gasteiger partial charge >= 0.3 is 0 Å². The molecule has 0 spiro atoms. The Morgan fingerprint density at radius 2 is 1.76 bits per heavy atom. The summed E-state index contributed by atoms with van der Waals surface area (Å²) in [6.07, 6.45) is 1.75. The van der Waals surface area contributed by atoms with Crippen molar-refractivity contribution in [3.63, 3.8) is 0 Å². The topological polar surface area (TPSA) is 32.3 Å². The molecular weight excluding hydrogens is 355 g/mol. The molecule has 1 saturated heterocycles. The summed E-state index contributed by atoms with van der Waals surface area (Å²) in [5, 5.41) is 4.20. The highest BCUT2D eigenvalue weighted by Gasteiger charge is 2.25. The van der Waals surface area contributed by atoms with E-state index in [0.717, 1.165) is 43.7 Å². The predicted molar refractivity (Wildman–Crippen MR) is 104 cm³/mol. The van der Waals surface area contributed by atoms with Gasteiger partial charge in [0, 0.05) is 18.2 Å². The summed E-state index contributed by atoms with van der Waals surface area (Å²) < 4.78 is 0. The van der Waals surface area contributed by atoms with Gasteiger partial charge in [-0.05, 0) is 62.7 Å². The number of amides is 1. The molecule has 1 N–H and O–H groups in total. The van der Waals surface area contributed by atoms with Crippen LogP contribution in [0.3, 0.4) is 0 Å². The molecule has 3 nitrogen and oxygen atoms in total. The Labute approximate surface area is 158 Å². The Hall–Kier alpha value is -1.55. The van der Waals surface area contributed by atoms with Crippen molar-refractivity contribution in [2.24, 2.45) is 5.92 Å². The van der Waals surface area contributed by atoms with Crippen LogP contribution < -0.4 is 5.32 Å². The van der Waals surface area contributed by atoms with Crippen molar-refractivity contribution in [3.05, 3.63) is 63.6 Å². The molecule has 0 bridgehead atoms. The normalized spacial score (nSPS) is 16.0. The van der Waals surface area contributed by atoms with Crippen LogP contribution in [0.2, 0.25) is 10.0 Å². The number of carbonyl (C=O) groups is 1. The number of halogens is 2. The summed E-state index contributed by atoms with van der Waals surface area (Å²) in [5.74, 6) is 0.199. The van der Waals surface area contributed by atoms with Crippen LogP contribution in [0.25, 0.3) is 0 Å². The molecule has 1 fully saturated rings. The van der Waals surface area contributed by atoms with Crippen molar-refractivity contribution in [1.29, 1.82) is 0 Å². The lowest BCUT2D eigenvalue weighted by molar-refractivity contribution is -0.121. The Morgan fingerprint density at radius 1 is 1.08 bits per heavy atom. The molecule has 25 heavy (non-hydrogen) atoms. The molecule has 3 rings (SSSR count). The number of hydrogen-bond donors (Lipinski definition) is 1. The van der Waals surface area contributed by atoms with E-state index < -0.39 is 0 Å². The Balaban J connectivity index is 1.50. The highest BCUT2D eigenvalue weighted by atomic mass is 35.5. The van der Waals surface area contributed by atoms with Gasteiger partial charge in [-0.25, -0.2) is 0 Å². The third-order valence-electron chi connectivity index (χ3n) is 4.67. The quantitative estimate of drug-likeness (QED) is 0.799. The van der Waals surface area contributed by atoms with Crippen LogP contribution in [0, 0.1) is 12.8 Å². The molecule has 0 aromatic heterocycles. The molecule has 1 aliphatic heterocycles. The van der Waals surface area contributed by atoms with Crippen molar-refractivity contribution in [2.45, 2.75) is 26.3 Å². The van der Waals surface area contributed by atoms with E-state index in [1.165, 1.54) is 5.56 Å². The molecular formula is C20H22Cl2N2O. The number of rotatable bonds is 4. The largest absolute Gasteiger partial charge is 0.326 e. The minimum Gasteiger partial charge on any atom is -0.326 e. The van der Waals surface area contributed by atoms with Crippen LogP contribution in [-0.4, -0.2) is 23.9 Å². The van der Waals surface area contributed by atoms with Gasteiger partial charge in [-0.1, -0.05) is 47.0 Å². The second kappa shape index (κ2) is 8.22. The average molecular weight is 377 g/mol. The van der Waals surface area contributed by atoms with E-state index in [4.69, 9.17) is 23.2 Å². The molecule has 132 valence electrons. The number of benzene rings is 2. The van der Waals surface area contributed by atoms with Crippen LogP contribution >= 0.6 is 23.2 Å². The van der Waals surface area contributed by atoms with Crippen LogP contribution in [0.5, 0.6) is 0 Å². The van der Waals surface area contributed by atoms with Gasteiger partial charge in [0.15, 0.2) is 0 Å². The first-order valence-corrected chi connectivity index (χ1v) is 9.30. The number of likely N-dealkylation sites (tertiary alicyclic amines) is 1. The molecule has 1 heterocycles. The first kappa shape index (κ1) is 18.2. The maximum Gasteiger partial charge on any atom is 0.227 e. The number of nitrogens with one attached hydrogen (secondary N) is 1. The minimum atomic E-state index is 0.0753. The average Bonchev–Trinajstić information content (AvgIpc) is 2.61. The van der Waals surface area contributed by atoms with Crippen molar-refractivity contribution in [2.75, 3.05) is 18.4 Å². The van der Waals surface area contributed by atoms with Gasteiger partial charge in [-0.15, -0.1) is 0 Å². The lowest BCUT2D eigenvalue weighted by atomic mass is 9.95. The van der Waals surface area contributed by atoms with Crippen LogP contribution in [-0.2, 0) is 11.3 Å². The third kappa shape index (κ3) is 4.97. The SMILES string of the molecule is Cc1ccc(NC(=O)C2CCN(Cc3ccc(Cl)c(Cl)c3)CC2)cc1. The fraction of sp³-hybridized carbons (Fsp3) is 0.350. The highest BCUT2D eigenvalue weighted by Crippen LogP contribution is 2.25. The molecule has 0 saturated carbocycles. The highest BCUT2D eigenvalue weighted by molar-refractivity contribution is 6.42. The van der Waals surface area contributed by atoms with Crippen LogP contribution in [0.4, 0.5) is 5.69 Å². The van der Waals surface area contributed by atoms with Gasteiger partial charge in [0.1, 0.15) is 0 Å². The molecule has 2 aromatic carbocycles. The summed E-state index contributed by atoms with van der Waals surface area (Å²) in [6, 6.07) is 13.7. The predicted octanol–water partition coefficient (Wildman–Crippen LogP) is 5.15. The molecule has 0 radical (unpaired) electrons. The van der Waals surface area contributed by atoms with Gasteiger partial charge in [-0.3, -0.25) is 9.69 Å². The zero-order chi connectivity index (χ0) is 17.8. The third-order valence-corrected chi connectivity index (χ3v) is 5.41. The fourth-order valence-electron chi connectivity index (χ4n) is 3.13. The Bertz CT molecular complexity index is 738. The second-order valence-electron chi connectivity index (χ2n) is 6.65. The summed E-state index contributed by atoms with van der Waals surface area (Å²) in [6.45, 7) is 4.69. The molecule has 0 unspecified atom stereocenters. The Kier molecular flexibility index (Phi) is 6.00. The van der Waals surface area contributed by atoms with E-state index in [0.29, 0.717) is 10.0 Å². The van der Waals surface area contributed by atoms with Crippen molar-refractivity contribution in [3.8, 4) is 0 Å². The lowest BCUT2D eigenvalue weighted by Gasteiger charge is -2.31. The van der Waals surface area contributed by atoms with Gasteiger partial charge in [0.05, 0.1) is 10.0 Å². The van der Waals surface area contributed by atoms with E-state index >= 15 is 0 Å². The number of nitrogens with zero attached hydrogens (tertiary/aromatic N) is 1. The van der Waals surface area contributed by atoms with E-state index in [2.05, 4.69) is 10.2 Å². The van der Waals surface area contributed by atoms with Gasteiger partial charge in [0.25, 0.3) is 0 Å². The summed E-state index contributed by atoms with van der Waals surface area (Å²) >= 11 is 12.0. The monoisotopic (exact) mass is 376 g/mol. The smallest absolute Gasteiger partial charge is 0.227 e. The number of anilines is 1. The van der Waals surface area contributed by atoms with Crippen molar-refractivity contribution >= 4 is 34.8 Å². The lowest BCUT2D eigenvalue weighted by Crippen LogP contribution is -2.37. The zero-order valence-corrected chi connectivity index (χ0v) is 15.8. The van der Waals surface area contributed by atoms with Crippen LogP contribution in [0.15, 0.2) is 42.5 Å². The second-order valence-corrected chi connectivity index (χ2v) is 7.47. The van der Waals surface area contributed by atoms with Gasteiger partial charge in [-0.2, -0.15) is 0 Å². The maximum atomic E-state index is 12.4. The van der Waals surface area contributed by atoms with Crippen LogP contribution in [0.1, 0.15) is 24.0 Å². The maximum absolute atomic E-state index is 12.4. The van der Waals surface area contributed by atoms with E-state index in [-0.39, 0.29) is 11.8 Å². The number of hydrogen-bond acceptors (Lipinski definition) is 2. The standard InChI is InChI=1S/C20H22Cl2N2O/c1-14-2-5-17(6-3-14)23-20(25)16-8-10-24(11-9-16)13-15-4-7-18(21)19(22)12-15/h2-7,12,16H,8-11,13H2,1H3,(H,23,25). The molecule has 0 aliphatic carbocycles. The molecule has 5 heteroatoms. The first-order chi connectivity index (χ1) is 12.0. The molecule has 1 amide bonds. The molecule has 0 atom stereocenters. The van der Waals surface area contributed by atoms with E-state index in [1.54, 1.807) is 0 Å². The molecule has 2 aromatic rings. The van der Waals surface area contributed by atoms with Crippen molar-refractivity contribution < 1.29 is 4.79 Å². The first-order valence-electron chi connectivity index (χ1n) is 8.55. The summed E-state index contributed by atoms with van der Waals surface area (Å²) in [7, 11) is 0. The minimum absolute atomic E-state index is 0.0753. The number of carbonyl (C=O) groups excluding carboxylic acids is 1. The molecule has 1 aliphatic rings. The summed E-state index contributed by atoms with van der Waals surface area (Å²) in [4.78, 5) is 14.8. The zero-order valence-electron chi connectivity index (χ0n) is 14.3. The number of piperidine rings is 1. The fourth-order valence-corrected chi connectivity index (χ4v) is 3.45. The Morgan fingerprint density at radius 3 is 2.40 bits per heavy atom. The van der Waals surface area contributed by atoms with Gasteiger partial charge < -0.3 is 5.32 Å². The van der Waals surface area contributed by atoms with Gasteiger partial charge in [0.2, 0.25) is 5.91 Å². The summed E-state index contributed by atoms with van der Waals surface area (Å²) in [5.41, 5.74) is 3.21. The number of aryl methyl sites for hydroxylation is 1. The van der Waals surface area contributed by atoms with Crippen molar-refractivity contribution in [1.82, 2.24) is 4.90 Å². The van der Waals surface area contributed by atoms with E-state index in [9.17, 15) is 4.79 Å². The van der Waals surface area contributed by atoms with E-state index in [1.807, 2.05) is 49.4 Å².